The van der Waals surface area contributed by atoms with E-state index in [0.29, 0.717) is 12.8 Å². The van der Waals surface area contributed by atoms with E-state index in [1.807, 2.05) is 36.4 Å². The van der Waals surface area contributed by atoms with Crippen LogP contribution in [0, 0.1) is 0 Å². The number of carbonyl (C=O) groups is 1. The minimum Gasteiger partial charge on any atom is -0.356 e. The van der Waals surface area contributed by atoms with Gasteiger partial charge in [0.05, 0.1) is 11.0 Å². The van der Waals surface area contributed by atoms with Crippen molar-refractivity contribution in [3.05, 3.63) is 60.4 Å². The first-order valence-electron chi connectivity index (χ1n) is 11.3. The summed E-state index contributed by atoms with van der Waals surface area (Å²) in [6, 6.07) is 18.4. The zero-order valence-electron chi connectivity index (χ0n) is 17.7. The van der Waals surface area contributed by atoms with Crippen LogP contribution in [0.4, 0.5) is 0 Å². The van der Waals surface area contributed by atoms with Gasteiger partial charge in [-0.2, -0.15) is 0 Å². The molecular formula is C25H32N4O. The van der Waals surface area contributed by atoms with Crippen LogP contribution < -0.4 is 5.32 Å². The molecular weight excluding hydrogens is 372 g/mol. The monoisotopic (exact) mass is 404 g/mol. The first kappa shape index (κ1) is 20.6. The van der Waals surface area contributed by atoms with Crippen LogP contribution in [0.3, 0.4) is 0 Å². The molecule has 1 aliphatic rings. The van der Waals surface area contributed by atoms with Gasteiger partial charge in [0.1, 0.15) is 5.82 Å². The number of aromatic nitrogens is 2. The number of carbonyl (C=O) groups excluding carboxylic acids is 1. The zero-order chi connectivity index (χ0) is 20.6. The summed E-state index contributed by atoms with van der Waals surface area (Å²) in [5.41, 5.74) is 3.13. The average Bonchev–Trinajstić information content (AvgIpc) is 2.95. The van der Waals surface area contributed by atoms with E-state index >= 15 is 0 Å². The van der Waals surface area contributed by atoms with Crippen molar-refractivity contribution in [2.24, 2.45) is 0 Å². The minimum atomic E-state index is 0.109. The van der Waals surface area contributed by atoms with Crippen LogP contribution in [-0.2, 0) is 11.2 Å². The lowest BCUT2D eigenvalue weighted by Gasteiger charge is -2.19. The number of amides is 1. The number of hydrogen-bond donors (Lipinski definition) is 1. The van der Waals surface area contributed by atoms with Gasteiger partial charge in [-0.1, -0.05) is 43.2 Å². The normalized spacial score (nSPS) is 15.2. The smallest absolute Gasteiger partial charge is 0.220 e. The van der Waals surface area contributed by atoms with Crippen molar-refractivity contribution in [1.29, 1.82) is 0 Å². The number of rotatable bonds is 8. The topological polar surface area (TPSA) is 50.2 Å². The van der Waals surface area contributed by atoms with Crippen molar-refractivity contribution in [2.75, 3.05) is 26.2 Å². The van der Waals surface area contributed by atoms with Gasteiger partial charge in [0.25, 0.3) is 0 Å². The van der Waals surface area contributed by atoms with Crippen molar-refractivity contribution < 1.29 is 4.79 Å². The Balaban J connectivity index is 1.32. The number of para-hydroxylation sites is 3. The summed E-state index contributed by atoms with van der Waals surface area (Å²) in [7, 11) is 0. The van der Waals surface area contributed by atoms with Gasteiger partial charge in [0.2, 0.25) is 5.91 Å². The molecule has 0 radical (unpaired) electrons. The second-order valence-corrected chi connectivity index (χ2v) is 8.15. The van der Waals surface area contributed by atoms with E-state index in [1.165, 1.54) is 38.8 Å². The molecule has 1 aliphatic heterocycles. The highest BCUT2D eigenvalue weighted by Crippen LogP contribution is 2.22. The summed E-state index contributed by atoms with van der Waals surface area (Å²) in [5, 5.41) is 3.10. The Morgan fingerprint density at radius 2 is 1.67 bits per heavy atom. The van der Waals surface area contributed by atoms with E-state index in [4.69, 9.17) is 4.98 Å². The highest BCUT2D eigenvalue weighted by Gasteiger charge is 2.14. The SMILES string of the molecule is O=C(CCc1nc2ccccc2n1-c1ccccc1)NCCCN1CCCCCC1. The largest absolute Gasteiger partial charge is 0.356 e. The molecule has 1 amide bonds. The summed E-state index contributed by atoms with van der Waals surface area (Å²) in [6.45, 7) is 4.27. The second kappa shape index (κ2) is 10.4. The third kappa shape index (κ3) is 5.28. The first-order valence-corrected chi connectivity index (χ1v) is 11.3. The van der Waals surface area contributed by atoms with Crippen molar-refractivity contribution in [1.82, 2.24) is 19.8 Å². The summed E-state index contributed by atoms with van der Waals surface area (Å²) < 4.78 is 2.17. The van der Waals surface area contributed by atoms with Gasteiger partial charge in [0, 0.05) is 25.1 Å². The van der Waals surface area contributed by atoms with Gasteiger partial charge >= 0.3 is 0 Å². The molecule has 0 aliphatic carbocycles. The lowest BCUT2D eigenvalue weighted by Crippen LogP contribution is -2.30. The summed E-state index contributed by atoms with van der Waals surface area (Å²) >= 11 is 0. The maximum Gasteiger partial charge on any atom is 0.220 e. The van der Waals surface area contributed by atoms with E-state index < -0.39 is 0 Å². The number of likely N-dealkylation sites (tertiary alicyclic amines) is 1. The fourth-order valence-electron chi connectivity index (χ4n) is 4.31. The quantitative estimate of drug-likeness (QED) is 0.568. The Hall–Kier alpha value is -2.66. The molecule has 5 nitrogen and oxygen atoms in total. The molecule has 4 rings (SSSR count). The molecule has 3 aromatic rings. The third-order valence-electron chi connectivity index (χ3n) is 5.89. The summed E-state index contributed by atoms with van der Waals surface area (Å²) in [5.74, 6) is 1.04. The van der Waals surface area contributed by atoms with E-state index in [9.17, 15) is 4.79 Å². The van der Waals surface area contributed by atoms with E-state index in [1.54, 1.807) is 0 Å². The van der Waals surface area contributed by atoms with Crippen LogP contribution in [0.15, 0.2) is 54.6 Å². The van der Waals surface area contributed by atoms with Gasteiger partial charge in [-0.05, 0) is 63.2 Å². The van der Waals surface area contributed by atoms with Gasteiger partial charge in [-0.25, -0.2) is 4.98 Å². The number of imidazole rings is 1. The number of aryl methyl sites for hydroxylation is 1. The van der Waals surface area contributed by atoms with Crippen LogP contribution in [-0.4, -0.2) is 46.5 Å². The number of nitrogens with zero attached hydrogens (tertiary/aromatic N) is 3. The van der Waals surface area contributed by atoms with Crippen LogP contribution in [0.1, 0.15) is 44.3 Å². The van der Waals surface area contributed by atoms with Crippen molar-refractivity contribution in [3.8, 4) is 5.69 Å². The van der Waals surface area contributed by atoms with Crippen molar-refractivity contribution >= 4 is 16.9 Å². The fraction of sp³-hybridized carbons (Fsp3) is 0.440. The standard InChI is InChI=1S/C25H32N4O/c30-25(26-17-10-20-28-18-8-1-2-9-19-28)16-15-24-27-22-13-6-7-14-23(22)29(24)21-11-4-3-5-12-21/h3-7,11-14H,1-2,8-10,15-20H2,(H,26,30). The lowest BCUT2D eigenvalue weighted by atomic mass is 10.2. The van der Waals surface area contributed by atoms with Crippen LogP contribution in [0.25, 0.3) is 16.7 Å². The molecule has 2 aromatic carbocycles. The maximum atomic E-state index is 12.4. The van der Waals surface area contributed by atoms with Gasteiger partial charge in [-0.15, -0.1) is 0 Å². The highest BCUT2D eigenvalue weighted by atomic mass is 16.1. The first-order chi connectivity index (χ1) is 14.8. The molecule has 5 heteroatoms. The van der Waals surface area contributed by atoms with E-state index in [-0.39, 0.29) is 5.91 Å². The predicted octanol–water partition coefficient (Wildman–Crippen LogP) is 4.34. The second-order valence-electron chi connectivity index (χ2n) is 8.15. The Morgan fingerprint density at radius 1 is 0.933 bits per heavy atom. The number of nitrogens with one attached hydrogen (secondary N) is 1. The van der Waals surface area contributed by atoms with Crippen molar-refractivity contribution in [3.63, 3.8) is 0 Å². The molecule has 1 saturated heterocycles. The number of fused-ring (bicyclic) bond motifs is 1. The van der Waals surface area contributed by atoms with Crippen molar-refractivity contribution in [2.45, 2.75) is 44.9 Å². The van der Waals surface area contributed by atoms with Crippen LogP contribution in [0.5, 0.6) is 0 Å². The Bertz CT molecular complexity index is 942. The molecule has 0 bridgehead atoms. The Morgan fingerprint density at radius 3 is 2.47 bits per heavy atom. The zero-order valence-corrected chi connectivity index (χ0v) is 17.7. The number of hydrogen-bond acceptors (Lipinski definition) is 3. The molecule has 158 valence electrons. The summed E-state index contributed by atoms with van der Waals surface area (Å²) in [4.78, 5) is 19.8. The van der Waals surface area contributed by atoms with Gasteiger partial charge in [0.15, 0.2) is 0 Å². The van der Waals surface area contributed by atoms with Crippen LogP contribution >= 0.6 is 0 Å². The highest BCUT2D eigenvalue weighted by molar-refractivity contribution is 5.79. The predicted molar refractivity (Wildman–Crippen MR) is 122 cm³/mol. The molecule has 0 saturated carbocycles. The summed E-state index contributed by atoms with van der Waals surface area (Å²) in [6.07, 6.45) is 7.46. The third-order valence-corrected chi connectivity index (χ3v) is 5.89. The molecule has 1 aromatic heterocycles. The van der Waals surface area contributed by atoms with E-state index in [2.05, 4.69) is 33.0 Å². The Labute approximate surface area is 179 Å². The average molecular weight is 405 g/mol. The molecule has 0 spiro atoms. The number of benzene rings is 2. The lowest BCUT2D eigenvalue weighted by molar-refractivity contribution is -0.121. The minimum absolute atomic E-state index is 0.109. The van der Waals surface area contributed by atoms with Crippen LogP contribution in [0.2, 0.25) is 0 Å². The van der Waals surface area contributed by atoms with Gasteiger partial charge in [-0.3, -0.25) is 9.36 Å². The fourth-order valence-corrected chi connectivity index (χ4v) is 4.31. The molecule has 30 heavy (non-hydrogen) atoms. The maximum absolute atomic E-state index is 12.4. The molecule has 1 N–H and O–H groups in total. The molecule has 2 heterocycles. The molecule has 0 unspecified atom stereocenters. The molecule has 0 atom stereocenters. The van der Waals surface area contributed by atoms with E-state index in [0.717, 1.165) is 42.1 Å². The molecule has 1 fully saturated rings. The van der Waals surface area contributed by atoms with Gasteiger partial charge < -0.3 is 10.2 Å². The Kier molecular flexibility index (Phi) is 7.14.